The van der Waals surface area contributed by atoms with Gasteiger partial charge in [-0.15, -0.1) is 10.2 Å². The average Bonchev–Trinajstić information content (AvgIpc) is 2.62. The van der Waals surface area contributed by atoms with Crippen LogP contribution in [0.2, 0.25) is 0 Å². The summed E-state index contributed by atoms with van der Waals surface area (Å²) in [7, 11) is 0. The zero-order valence-corrected chi connectivity index (χ0v) is 7.61. The fraction of sp³-hybridized carbons (Fsp3) is 0.200. The molecule has 1 aromatic carbocycles. The molecule has 0 aliphatic heterocycles. The summed E-state index contributed by atoms with van der Waals surface area (Å²) in [5, 5.41) is 7.52. The van der Waals surface area contributed by atoms with Crippen molar-refractivity contribution in [3.05, 3.63) is 35.7 Å². The van der Waals surface area contributed by atoms with Crippen molar-refractivity contribution >= 4 is 0 Å². The Kier molecular flexibility index (Phi) is 1.85. The second kappa shape index (κ2) is 3.01. The monoisotopic (exact) mass is 174 g/mol. The van der Waals surface area contributed by atoms with E-state index in [1.165, 1.54) is 17.5 Å². The molecule has 0 spiro atoms. The lowest BCUT2D eigenvalue weighted by Crippen LogP contribution is -1.86. The van der Waals surface area contributed by atoms with Gasteiger partial charge in [-0.05, 0) is 31.0 Å². The first kappa shape index (κ1) is 7.98. The lowest BCUT2D eigenvalue weighted by molar-refractivity contribution is 0.568. The molecule has 13 heavy (non-hydrogen) atoms. The first-order chi connectivity index (χ1) is 6.29. The highest BCUT2D eigenvalue weighted by molar-refractivity contribution is 5.59. The zero-order chi connectivity index (χ0) is 9.26. The molecule has 0 N–H and O–H groups in total. The van der Waals surface area contributed by atoms with Gasteiger partial charge in [0.25, 0.3) is 0 Å². The summed E-state index contributed by atoms with van der Waals surface area (Å²) in [6.45, 7) is 4.12. The van der Waals surface area contributed by atoms with E-state index in [1.807, 2.05) is 12.1 Å². The van der Waals surface area contributed by atoms with Crippen molar-refractivity contribution < 1.29 is 4.42 Å². The summed E-state index contributed by atoms with van der Waals surface area (Å²) < 4.78 is 5.13. The number of hydrogen-bond donors (Lipinski definition) is 0. The second-order valence-corrected chi connectivity index (χ2v) is 2.99. The summed E-state index contributed by atoms with van der Waals surface area (Å²) in [5.41, 5.74) is 3.43. The van der Waals surface area contributed by atoms with E-state index < -0.39 is 0 Å². The molecule has 0 atom stereocenters. The first-order valence-corrected chi connectivity index (χ1v) is 4.12. The van der Waals surface area contributed by atoms with Crippen LogP contribution in [0.3, 0.4) is 0 Å². The van der Waals surface area contributed by atoms with Crippen LogP contribution in [-0.2, 0) is 0 Å². The first-order valence-electron chi connectivity index (χ1n) is 4.12. The second-order valence-electron chi connectivity index (χ2n) is 2.99. The summed E-state index contributed by atoms with van der Waals surface area (Å²) in [5.74, 6) is 0.584. The van der Waals surface area contributed by atoms with Gasteiger partial charge in [-0.25, -0.2) is 0 Å². The minimum absolute atomic E-state index is 0.584. The van der Waals surface area contributed by atoms with Gasteiger partial charge in [-0.2, -0.15) is 0 Å². The van der Waals surface area contributed by atoms with Gasteiger partial charge in [0.2, 0.25) is 12.3 Å². The van der Waals surface area contributed by atoms with Crippen molar-refractivity contribution in [3.8, 4) is 11.5 Å². The van der Waals surface area contributed by atoms with E-state index in [0.29, 0.717) is 5.89 Å². The van der Waals surface area contributed by atoms with Crippen LogP contribution in [0.5, 0.6) is 0 Å². The molecule has 0 fully saturated rings. The van der Waals surface area contributed by atoms with Gasteiger partial charge < -0.3 is 4.42 Å². The van der Waals surface area contributed by atoms with Crippen LogP contribution in [0, 0.1) is 13.8 Å². The van der Waals surface area contributed by atoms with Crippen molar-refractivity contribution in [1.29, 1.82) is 0 Å². The van der Waals surface area contributed by atoms with Crippen LogP contribution in [0.4, 0.5) is 0 Å². The molecule has 2 aromatic rings. The summed E-state index contributed by atoms with van der Waals surface area (Å²) in [6.07, 6.45) is 1.34. The van der Waals surface area contributed by atoms with Crippen molar-refractivity contribution in [2.45, 2.75) is 13.8 Å². The molecule has 0 bridgehead atoms. The Bertz CT molecular complexity index is 407. The van der Waals surface area contributed by atoms with E-state index >= 15 is 0 Å². The number of hydrogen-bond acceptors (Lipinski definition) is 3. The van der Waals surface area contributed by atoms with E-state index in [2.05, 4.69) is 30.1 Å². The van der Waals surface area contributed by atoms with E-state index in [1.54, 1.807) is 0 Å². The largest absolute Gasteiger partial charge is 0.423 e. The lowest BCUT2D eigenvalue weighted by Gasteiger charge is -2.03. The Balaban J connectivity index is 2.59. The van der Waals surface area contributed by atoms with Gasteiger partial charge in [-0.1, -0.05) is 12.1 Å². The van der Waals surface area contributed by atoms with Crippen molar-refractivity contribution in [2.75, 3.05) is 0 Å². The molecule has 0 amide bonds. The third kappa shape index (κ3) is 1.33. The van der Waals surface area contributed by atoms with Gasteiger partial charge in [0.1, 0.15) is 0 Å². The Morgan fingerprint density at radius 2 is 2.08 bits per heavy atom. The molecule has 0 saturated carbocycles. The molecule has 0 unspecified atom stereocenters. The molecule has 1 aromatic heterocycles. The maximum absolute atomic E-state index is 5.13. The van der Waals surface area contributed by atoms with Gasteiger partial charge in [-0.3, -0.25) is 0 Å². The van der Waals surface area contributed by atoms with Gasteiger partial charge in [0.15, 0.2) is 0 Å². The zero-order valence-electron chi connectivity index (χ0n) is 7.61. The molecule has 2 rings (SSSR count). The maximum Gasteiger partial charge on any atom is 0.247 e. The van der Waals surface area contributed by atoms with Crippen LogP contribution in [0.15, 0.2) is 29.0 Å². The third-order valence-corrected chi connectivity index (χ3v) is 2.20. The predicted molar refractivity (Wildman–Crippen MR) is 49.2 cm³/mol. The van der Waals surface area contributed by atoms with Crippen LogP contribution >= 0.6 is 0 Å². The number of nitrogens with zero attached hydrogens (tertiary/aromatic N) is 2. The third-order valence-electron chi connectivity index (χ3n) is 2.20. The highest BCUT2D eigenvalue weighted by Crippen LogP contribution is 2.22. The number of rotatable bonds is 1. The Hall–Kier alpha value is -1.64. The molecule has 1 heterocycles. The Morgan fingerprint density at radius 3 is 2.77 bits per heavy atom. The Labute approximate surface area is 76.4 Å². The highest BCUT2D eigenvalue weighted by atomic mass is 16.4. The van der Waals surface area contributed by atoms with Crippen LogP contribution in [-0.4, -0.2) is 10.2 Å². The van der Waals surface area contributed by atoms with Crippen molar-refractivity contribution in [3.63, 3.8) is 0 Å². The molecular weight excluding hydrogens is 164 g/mol. The fourth-order valence-corrected chi connectivity index (χ4v) is 1.27. The lowest BCUT2D eigenvalue weighted by atomic mass is 10.0. The van der Waals surface area contributed by atoms with E-state index in [9.17, 15) is 0 Å². The fourth-order valence-electron chi connectivity index (χ4n) is 1.27. The van der Waals surface area contributed by atoms with Crippen LogP contribution in [0.25, 0.3) is 11.5 Å². The summed E-state index contributed by atoms with van der Waals surface area (Å²) in [4.78, 5) is 0. The topological polar surface area (TPSA) is 38.9 Å². The minimum atomic E-state index is 0.584. The number of aromatic nitrogens is 2. The predicted octanol–water partition coefficient (Wildman–Crippen LogP) is 2.35. The normalized spacial score (nSPS) is 10.3. The molecule has 3 heteroatoms. The Morgan fingerprint density at radius 1 is 1.23 bits per heavy atom. The molecule has 0 aliphatic carbocycles. The van der Waals surface area contributed by atoms with Crippen molar-refractivity contribution in [2.24, 2.45) is 0 Å². The quantitative estimate of drug-likeness (QED) is 0.666. The molecule has 0 aliphatic rings. The number of benzene rings is 1. The summed E-state index contributed by atoms with van der Waals surface area (Å²) in [6, 6.07) is 6.03. The van der Waals surface area contributed by atoms with E-state index in [-0.39, 0.29) is 0 Å². The van der Waals surface area contributed by atoms with E-state index in [4.69, 9.17) is 4.42 Å². The highest BCUT2D eigenvalue weighted by Gasteiger charge is 2.07. The van der Waals surface area contributed by atoms with Gasteiger partial charge in [0, 0.05) is 5.56 Å². The maximum atomic E-state index is 5.13. The molecule has 3 nitrogen and oxygen atoms in total. The number of aryl methyl sites for hydroxylation is 1. The van der Waals surface area contributed by atoms with Crippen molar-refractivity contribution in [1.82, 2.24) is 10.2 Å². The molecule has 66 valence electrons. The standard InChI is InChI=1S/C10H10N2O/c1-7-4-3-5-9(8(7)2)10-12-11-6-13-10/h3-6H,1-2H3. The van der Waals surface area contributed by atoms with Crippen LogP contribution < -0.4 is 0 Å². The molecular formula is C10H10N2O. The molecule has 0 saturated heterocycles. The van der Waals surface area contributed by atoms with Crippen LogP contribution in [0.1, 0.15) is 11.1 Å². The average molecular weight is 174 g/mol. The minimum Gasteiger partial charge on any atom is -0.423 e. The van der Waals surface area contributed by atoms with E-state index in [0.717, 1.165) is 5.56 Å². The van der Waals surface area contributed by atoms with Gasteiger partial charge in [0.05, 0.1) is 0 Å². The smallest absolute Gasteiger partial charge is 0.247 e. The molecule has 0 radical (unpaired) electrons. The SMILES string of the molecule is Cc1cccc(-c2nnco2)c1C. The van der Waals surface area contributed by atoms with Gasteiger partial charge >= 0.3 is 0 Å². The summed E-state index contributed by atoms with van der Waals surface area (Å²) >= 11 is 0.